The zero-order chi connectivity index (χ0) is 20.5. The Kier molecular flexibility index (Phi) is 5.31. The molecule has 0 spiro atoms. The maximum atomic E-state index is 12.1. The normalized spacial score (nSPS) is 12.2. The van der Waals surface area contributed by atoms with E-state index in [2.05, 4.69) is 19.6 Å². The average molecular weight is 424 g/mol. The van der Waals surface area contributed by atoms with E-state index in [1.165, 1.54) is 0 Å². The molecule has 0 fully saturated rings. The van der Waals surface area contributed by atoms with Gasteiger partial charge in [0.05, 0.1) is 17.2 Å². The van der Waals surface area contributed by atoms with E-state index in [-0.39, 0.29) is 11.5 Å². The van der Waals surface area contributed by atoms with Gasteiger partial charge in [-0.3, -0.25) is 13.8 Å². The van der Waals surface area contributed by atoms with E-state index >= 15 is 0 Å². The number of nitrogens with one attached hydrogen (secondary N) is 2. The lowest BCUT2D eigenvalue weighted by Gasteiger charge is -2.12. The largest absolute Gasteiger partial charge is 0.284 e. The fourth-order valence-corrected chi connectivity index (χ4v) is 3.85. The van der Waals surface area contributed by atoms with Gasteiger partial charge >= 0.3 is 0 Å². The molecule has 0 bridgehead atoms. The van der Waals surface area contributed by atoms with Crippen molar-refractivity contribution in [1.82, 2.24) is 14.6 Å². The third kappa shape index (κ3) is 4.25. The maximum absolute atomic E-state index is 12.1. The minimum Gasteiger partial charge on any atom is -0.284 e. The topological polar surface area (TPSA) is 123 Å². The van der Waals surface area contributed by atoms with E-state index < -0.39 is 20.0 Å². The molecule has 0 radical (unpaired) electrons. The van der Waals surface area contributed by atoms with Crippen LogP contribution in [0.2, 0.25) is 0 Å². The summed E-state index contributed by atoms with van der Waals surface area (Å²) >= 11 is 0. The number of pyridine rings is 1. The number of aryl methyl sites for hydroxylation is 1. The van der Waals surface area contributed by atoms with E-state index in [1.807, 2.05) is 6.07 Å². The first-order valence-corrected chi connectivity index (χ1v) is 11.9. The van der Waals surface area contributed by atoms with Crippen molar-refractivity contribution in [3.63, 3.8) is 0 Å². The summed E-state index contributed by atoms with van der Waals surface area (Å²) in [5.41, 5.74) is 2.52. The standard InChI is InChI=1S/C17H21N5O4S2/c1-4-27(23,24)20-15-8-6-7-13(9-15)14-10-16(21-28(25,26)5-2)17-19-18-12(3)22(17)11-14/h6-11,20-21H,4-5H2,1-3H3. The minimum atomic E-state index is -3.51. The molecule has 0 saturated carbocycles. The molecular formula is C17H21N5O4S2. The van der Waals surface area contributed by atoms with Crippen molar-refractivity contribution in [2.75, 3.05) is 20.9 Å². The lowest BCUT2D eigenvalue weighted by Crippen LogP contribution is -2.15. The Labute approximate surface area is 163 Å². The summed E-state index contributed by atoms with van der Waals surface area (Å²) in [4.78, 5) is 0. The van der Waals surface area contributed by atoms with E-state index in [4.69, 9.17) is 0 Å². The number of fused-ring (bicyclic) bond motifs is 1. The van der Waals surface area contributed by atoms with E-state index in [0.29, 0.717) is 34.0 Å². The molecule has 0 atom stereocenters. The van der Waals surface area contributed by atoms with Crippen molar-refractivity contribution in [3.8, 4) is 11.1 Å². The van der Waals surface area contributed by atoms with Crippen molar-refractivity contribution in [1.29, 1.82) is 0 Å². The molecule has 2 N–H and O–H groups in total. The Bertz CT molecular complexity index is 1230. The van der Waals surface area contributed by atoms with Crippen LogP contribution in [0.25, 0.3) is 16.8 Å². The van der Waals surface area contributed by atoms with Gasteiger partial charge in [0.2, 0.25) is 20.0 Å². The summed E-state index contributed by atoms with van der Waals surface area (Å²) in [5.74, 6) is 0.480. The predicted molar refractivity (Wildman–Crippen MR) is 109 cm³/mol. The van der Waals surface area contributed by atoms with Crippen molar-refractivity contribution < 1.29 is 16.8 Å². The molecule has 3 rings (SSSR count). The summed E-state index contributed by atoms with van der Waals surface area (Å²) in [6, 6.07) is 8.53. The van der Waals surface area contributed by atoms with Gasteiger partial charge in [-0.25, -0.2) is 16.8 Å². The summed E-state index contributed by atoms with van der Waals surface area (Å²) in [6.45, 7) is 4.86. The number of hydrogen-bond acceptors (Lipinski definition) is 6. The first-order chi connectivity index (χ1) is 13.1. The van der Waals surface area contributed by atoms with Crippen LogP contribution in [0, 0.1) is 6.92 Å². The second-order valence-electron chi connectivity index (χ2n) is 6.18. The molecular weight excluding hydrogens is 402 g/mol. The molecule has 150 valence electrons. The van der Waals surface area contributed by atoms with Gasteiger partial charge in [-0.05, 0) is 44.5 Å². The molecule has 3 aromatic rings. The second kappa shape index (κ2) is 7.40. The van der Waals surface area contributed by atoms with Gasteiger partial charge in [-0.15, -0.1) is 10.2 Å². The van der Waals surface area contributed by atoms with Crippen LogP contribution in [-0.2, 0) is 20.0 Å². The number of hydrogen-bond donors (Lipinski definition) is 2. The second-order valence-corrected chi connectivity index (χ2v) is 10.2. The van der Waals surface area contributed by atoms with Crippen molar-refractivity contribution in [3.05, 3.63) is 42.4 Å². The highest BCUT2D eigenvalue weighted by molar-refractivity contribution is 7.92. The molecule has 28 heavy (non-hydrogen) atoms. The van der Waals surface area contributed by atoms with Gasteiger partial charge in [0.1, 0.15) is 5.82 Å². The molecule has 0 unspecified atom stereocenters. The van der Waals surface area contributed by atoms with E-state index in [1.54, 1.807) is 55.6 Å². The number of sulfonamides is 2. The summed E-state index contributed by atoms with van der Waals surface area (Å²) in [5, 5.41) is 8.05. The monoisotopic (exact) mass is 423 g/mol. The number of nitrogens with zero attached hydrogens (tertiary/aromatic N) is 3. The van der Waals surface area contributed by atoms with Gasteiger partial charge in [0, 0.05) is 17.4 Å². The number of rotatable bonds is 7. The van der Waals surface area contributed by atoms with Gasteiger partial charge in [-0.1, -0.05) is 12.1 Å². The molecule has 0 saturated heterocycles. The predicted octanol–water partition coefficient (Wildman–Crippen LogP) is 2.23. The summed E-state index contributed by atoms with van der Waals surface area (Å²) < 4.78 is 54.5. The van der Waals surface area contributed by atoms with Crippen molar-refractivity contribution >= 4 is 37.1 Å². The quantitative estimate of drug-likeness (QED) is 0.601. The Morgan fingerprint density at radius 2 is 1.61 bits per heavy atom. The van der Waals surface area contributed by atoms with Crippen molar-refractivity contribution in [2.24, 2.45) is 0 Å². The minimum absolute atomic E-state index is 0.0357. The number of benzene rings is 1. The SMILES string of the molecule is CCS(=O)(=O)Nc1cccc(-c2cc(NS(=O)(=O)CC)c3nnc(C)n3c2)c1. The van der Waals surface area contributed by atoms with Crippen LogP contribution in [-0.4, -0.2) is 42.9 Å². The fourth-order valence-electron chi connectivity index (χ4n) is 2.59. The Morgan fingerprint density at radius 1 is 0.929 bits per heavy atom. The van der Waals surface area contributed by atoms with E-state index in [9.17, 15) is 16.8 Å². The van der Waals surface area contributed by atoms with Crippen LogP contribution in [0.3, 0.4) is 0 Å². The van der Waals surface area contributed by atoms with Crippen LogP contribution >= 0.6 is 0 Å². The zero-order valence-electron chi connectivity index (χ0n) is 15.7. The van der Waals surface area contributed by atoms with Crippen LogP contribution in [0.15, 0.2) is 36.5 Å². The van der Waals surface area contributed by atoms with Crippen molar-refractivity contribution in [2.45, 2.75) is 20.8 Å². The molecule has 2 aromatic heterocycles. The first-order valence-electron chi connectivity index (χ1n) is 8.61. The third-order valence-corrected chi connectivity index (χ3v) is 6.77. The number of aromatic nitrogens is 3. The molecule has 11 heteroatoms. The molecule has 0 aliphatic heterocycles. The highest BCUT2D eigenvalue weighted by Crippen LogP contribution is 2.28. The Morgan fingerprint density at radius 3 is 2.29 bits per heavy atom. The highest BCUT2D eigenvalue weighted by atomic mass is 32.2. The Hall–Kier alpha value is -2.66. The highest BCUT2D eigenvalue weighted by Gasteiger charge is 2.15. The molecule has 9 nitrogen and oxygen atoms in total. The van der Waals surface area contributed by atoms with Gasteiger partial charge < -0.3 is 0 Å². The van der Waals surface area contributed by atoms with Crippen LogP contribution in [0.1, 0.15) is 19.7 Å². The fraction of sp³-hybridized carbons (Fsp3) is 0.294. The van der Waals surface area contributed by atoms with Gasteiger partial charge in [-0.2, -0.15) is 0 Å². The smallest absolute Gasteiger partial charge is 0.232 e. The maximum Gasteiger partial charge on any atom is 0.232 e. The molecule has 2 heterocycles. The number of anilines is 2. The van der Waals surface area contributed by atoms with E-state index in [0.717, 1.165) is 0 Å². The molecule has 1 aromatic carbocycles. The lowest BCUT2D eigenvalue weighted by molar-refractivity contribution is 0.600. The average Bonchev–Trinajstić information content (AvgIpc) is 3.03. The third-order valence-electron chi connectivity index (χ3n) is 4.17. The zero-order valence-corrected chi connectivity index (χ0v) is 17.3. The van der Waals surface area contributed by atoms with Gasteiger partial charge in [0.25, 0.3) is 0 Å². The van der Waals surface area contributed by atoms with Crippen LogP contribution in [0.5, 0.6) is 0 Å². The van der Waals surface area contributed by atoms with Crippen LogP contribution < -0.4 is 9.44 Å². The molecule has 0 aliphatic rings. The first kappa shape index (κ1) is 20.1. The Balaban J connectivity index is 2.12. The van der Waals surface area contributed by atoms with Gasteiger partial charge in [0.15, 0.2) is 5.65 Å². The molecule has 0 amide bonds. The molecule has 0 aliphatic carbocycles. The summed E-state index contributed by atoms with van der Waals surface area (Å²) in [6.07, 6.45) is 1.78. The summed E-state index contributed by atoms with van der Waals surface area (Å²) in [7, 11) is -6.92. The van der Waals surface area contributed by atoms with Crippen LogP contribution in [0.4, 0.5) is 11.4 Å². The lowest BCUT2D eigenvalue weighted by atomic mass is 10.1.